The van der Waals surface area contributed by atoms with Gasteiger partial charge in [-0.15, -0.1) is 0 Å². The summed E-state index contributed by atoms with van der Waals surface area (Å²) in [5.41, 5.74) is 1.93. The Labute approximate surface area is 163 Å². The number of nitrogens with one attached hydrogen (secondary N) is 1. The highest BCUT2D eigenvalue weighted by Gasteiger charge is 2.25. The van der Waals surface area contributed by atoms with Gasteiger partial charge in [0.25, 0.3) is 0 Å². The number of nitrogens with zero attached hydrogens (tertiary/aromatic N) is 1. The standard InChI is InChI=1S/C21H25BrN2O2/c1-3-13-23-21(26)16(2)24(15-18-9-11-19(22)12-10-18)20(25)14-17-7-5-4-6-8-17/h4-12,16H,3,13-15H2,1-2H3,(H,23,26)/t16-/m0/s1. The number of halogens is 1. The lowest BCUT2D eigenvalue weighted by Gasteiger charge is -2.29. The maximum atomic E-state index is 12.9. The zero-order valence-corrected chi connectivity index (χ0v) is 16.8. The molecule has 0 bridgehead atoms. The minimum absolute atomic E-state index is 0.0572. The Balaban J connectivity index is 2.17. The predicted molar refractivity (Wildman–Crippen MR) is 108 cm³/mol. The van der Waals surface area contributed by atoms with Gasteiger partial charge in [-0.2, -0.15) is 0 Å². The number of rotatable bonds is 8. The van der Waals surface area contributed by atoms with E-state index in [2.05, 4.69) is 21.2 Å². The van der Waals surface area contributed by atoms with Crippen molar-refractivity contribution in [3.8, 4) is 0 Å². The molecule has 0 aromatic heterocycles. The first-order valence-electron chi connectivity index (χ1n) is 8.86. The lowest BCUT2D eigenvalue weighted by Crippen LogP contribution is -2.48. The number of benzene rings is 2. The van der Waals surface area contributed by atoms with Crippen molar-refractivity contribution in [2.75, 3.05) is 6.54 Å². The zero-order chi connectivity index (χ0) is 18.9. The van der Waals surface area contributed by atoms with Crippen LogP contribution < -0.4 is 5.32 Å². The Bertz CT molecular complexity index is 717. The highest BCUT2D eigenvalue weighted by molar-refractivity contribution is 9.10. The van der Waals surface area contributed by atoms with Crippen molar-refractivity contribution in [1.82, 2.24) is 10.2 Å². The number of hydrogen-bond donors (Lipinski definition) is 1. The van der Waals surface area contributed by atoms with Crippen LogP contribution >= 0.6 is 15.9 Å². The molecule has 0 unspecified atom stereocenters. The van der Waals surface area contributed by atoms with E-state index >= 15 is 0 Å². The van der Waals surface area contributed by atoms with Gasteiger partial charge in [0.2, 0.25) is 11.8 Å². The van der Waals surface area contributed by atoms with E-state index < -0.39 is 6.04 Å². The first-order chi connectivity index (χ1) is 12.5. The molecule has 2 aromatic carbocycles. The molecular weight excluding hydrogens is 392 g/mol. The SMILES string of the molecule is CCCNC(=O)[C@H](C)N(Cc1ccc(Br)cc1)C(=O)Cc1ccccc1. The average Bonchev–Trinajstić information content (AvgIpc) is 2.65. The molecule has 0 saturated heterocycles. The molecule has 0 saturated carbocycles. The van der Waals surface area contributed by atoms with Crippen LogP contribution in [0.15, 0.2) is 59.1 Å². The van der Waals surface area contributed by atoms with E-state index in [9.17, 15) is 9.59 Å². The van der Waals surface area contributed by atoms with Crippen molar-refractivity contribution in [1.29, 1.82) is 0 Å². The van der Waals surface area contributed by atoms with Gasteiger partial charge in [0.15, 0.2) is 0 Å². The Kier molecular flexibility index (Phi) is 7.85. The van der Waals surface area contributed by atoms with Gasteiger partial charge in [-0.3, -0.25) is 9.59 Å². The minimum Gasteiger partial charge on any atom is -0.354 e. The van der Waals surface area contributed by atoms with Crippen LogP contribution in [0, 0.1) is 0 Å². The van der Waals surface area contributed by atoms with Crippen molar-refractivity contribution in [3.63, 3.8) is 0 Å². The predicted octanol–water partition coefficient (Wildman–Crippen LogP) is 3.94. The van der Waals surface area contributed by atoms with Crippen molar-refractivity contribution in [3.05, 3.63) is 70.2 Å². The molecule has 0 spiro atoms. The summed E-state index contributed by atoms with van der Waals surface area (Å²) in [7, 11) is 0. The van der Waals surface area contributed by atoms with Gasteiger partial charge < -0.3 is 10.2 Å². The van der Waals surface area contributed by atoms with E-state index in [1.807, 2.05) is 61.5 Å². The molecule has 138 valence electrons. The van der Waals surface area contributed by atoms with Crippen LogP contribution in [0.3, 0.4) is 0 Å². The van der Waals surface area contributed by atoms with Crippen molar-refractivity contribution >= 4 is 27.7 Å². The fourth-order valence-electron chi connectivity index (χ4n) is 2.64. The van der Waals surface area contributed by atoms with E-state index in [4.69, 9.17) is 0 Å². The second-order valence-corrected chi connectivity index (χ2v) is 7.19. The van der Waals surface area contributed by atoms with Crippen LogP contribution in [0.5, 0.6) is 0 Å². The normalized spacial score (nSPS) is 11.7. The maximum Gasteiger partial charge on any atom is 0.242 e. The van der Waals surface area contributed by atoms with E-state index in [1.54, 1.807) is 11.8 Å². The molecule has 0 heterocycles. The Morgan fingerprint density at radius 1 is 1.04 bits per heavy atom. The summed E-state index contributed by atoms with van der Waals surface area (Å²) in [5.74, 6) is -0.177. The summed E-state index contributed by atoms with van der Waals surface area (Å²) in [5, 5.41) is 2.89. The molecule has 2 aromatic rings. The Morgan fingerprint density at radius 3 is 2.31 bits per heavy atom. The Hall–Kier alpha value is -2.14. The van der Waals surface area contributed by atoms with E-state index in [-0.39, 0.29) is 18.2 Å². The summed E-state index contributed by atoms with van der Waals surface area (Å²) < 4.78 is 0.983. The largest absolute Gasteiger partial charge is 0.354 e. The first-order valence-corrected chi connectivity index (χ1v) is 9.66. The average molecular weight is 417 g/mol. The van der Waals surface area contributed by atoms with E-state index in [0.717, 1.165) is 22.0 Å². The molecule has 0 aliphatic carbocycles. The van der Waals surface area contributed by atoms with Crippen LogP contribution in [0.4, 0.5) is 0 Å². The van der Waals surface area contributed by atoms with Crippen LogP contribution in [0.1, 0.15) is 31.4 Å². The highest BCUT2D eigenvalue weighted by atomic mass is 79.9. The molecule has 0 radical (unpaired) electrons. The van der Waals surface area contributed by atoms with Crippen LogP contribution in [0.2, 0.25) is 0 Å². The minimum atomic E-state index is -0.526. The third kappa shape index (κ3) is 5.99. The molecule has 1 N–H and O–H groups in total. The van der Waals surface area contributed by atoms with Gasteiger partial charge >= 0.3 is 0 Å². The van der Waals surface area contributed by atoms with Gasteiger partial charge in [-0.1, -0.05) is 65.3 Å². The molecule has 0 aliphatic rings. The second kappa shape index (κ2) is 10.1. The molecule has 0 fully saturated rings. The number of hydrogen-bond acceptors (Lipinski definition) is 2. The fraction of sp³-hybridized carbons (Fsp3) is 0.333. The third-order valence-electron chi connectivity index (χ3n) is 4.18. The monoisotopic (exact) mass is 416 g/mol. The van der Waals surface area contributed by atoms with Gasteiger partial charge in [0.1, 0.15) is 6.04 Å². The van der Waals surface area contributed by atoms with Crippen molar-refractivity contribution in [2.24, 2.45) is 0 Å². The molecule has 0 aliphatic heterocycles. The summed E-state index contributed by atoms with van der Waals surface area (Å²) >= 11 is 3.42. The first kappa shape index (κ1) is 20.2. The molecule has 1 atom stereocenters. The van der Waals surface area contributed by atoms with Crippen molar-refractivity contribution < 1.29 is 9.59 Å². The molecule has 26 heavy (non-hydrogen) atoms. The quantitative estimate of drug-likeness (QED) is 0.708. The maximum absolute atomic E-state index is 12.9. The fourth-order valence-corrected chi connectivity index (χ4v) is 2.90. The van der Waals surface area contributed by atoms with Crippen LogP contribution in [0.25, 0.3) is 0 Å². The van der Waals surface area contributed by atoms with Gasteiger partial charge in [0, 0.05) is 17.6 Å². The second-order valence-electron chi connectivity index (χ2n) is 6.28. The number of carbonyl (C=O) groups is 2. The molecule has 2 amide bonds. The smallest absolute Gasteiger partial charge is 0.242 e. The van der Waals surface area contributed by atoms with Crippen molar-refractivity contribution in [2.45, 2.75) is 39.3 Å². The van der Waals surface area contributed by atoms with Gasteiger partial charge in [-0.25, -0.2) is 0 Å². The molecular formula is C21H25BrN2O2. The molecule has 4 nitrogen and oxygen atoms in total. The summed E-state index contributed by atoms with van der Waals surface area (Å²) in [6.07, 6.45) is 1.14. The summed E-state index contributed by atoms with van der Waals surface area (Å²) in [4.78, 5) is 27.0. The zero-order valence-electron chi connectivity index (χ0n) is 15.2. The highest BCUT2D eigenvalue weighted by Crippen LogP contribution is 2.15. The summed E-state index contributed by atoms with van der Waals surface area (Å²) in [6.45, 7) is 4.81. The number of amides is 2. The topological polar surface area (TPSA) is 49.4 Å². The summed E-state index contributed by atoms with van der Waals surface area (Å²) in [6, 6.07) is 16.9. The molecule has 5 heteroatoms. The number of carbonyl (C=O) groups excluding carboxylic acids is 2. The Morgan fingerprint density at radius 2 is 1.69 bits per heavy atom. The lowest BCUT2D eigenvalue weighted by atomic mass is 10.1. The van der Waals surface area contributed by atoms with Gasteiger partial charge in [0.05, 0.1) is 6.42 Å². The van der Waals surface area contributed by atoms with Crippen LogP contribution in [-0.2, 0) is 22.6 Å². The van der Waals surface area contributed by atoms with E-state index in [1.165, 1.54) is 0 Å². The third-order valence-corrected chi connectivity index (χ3v) is 4.71. The lowest BCUT2D eigenvalue weighted by molar-refractivity contribution is -0.140. The van der Waals surface area contributed by atoms with Gasteiger partial charge in [-0.05, 0) is 36.6 Å². The molecule has 2 rings (SSSR count). The van der Waals surface area contributed by atoms with E-state index in [0.29, 0.717) is 13.1 Å². The van der Waals surface area contributed by atoms with Crippen LogP contribution in [-0.4, -0.2) is 29.3 Å².